The zero-order valence-corrected chi connectivity index (χ0v) is 18.3. The fraction of sp³-hybridized carbons (Fsp3) is 0.286. The van der Waals surface area contributed by atoms with Crippen LogP contribution < -0.4 is 5.14 Å². The first-order valence-corrected chi connectivity index (χ1v) is 10.9. The second kappa shape index (κ2) is 8.60. The summed E-state index contributed by atoms with van der Waals surface area (Å²) in [6.45, 7) is 0. The molecule has 1 aromatic heterocycles. The number of halogens is 3. The summed E-state index contributed by atoms with van der Waals surface area (Å²) in [6, 6.07) is 6.77. The summed E-state index contributed by atoms with van der Waals surface area (Å²) in [6.07, 6.45) is -3.74. The van der Waals surface area contributed by atoms with Crippen LogP contribution in [0.1, 0.15) is 29.5 Å². The van der Waals surface area contributed by atoms with Gasteiger partial charge in [0.05, 0.1) is 19.8 Å². The van der Waals surface area contributed by atoms with Gasteiger partial charge in [0.15, 0.2) is 10.4 Å². The maximum Gasteiger partial charge on any atom is 0.416 e. The van der Waals surface area contributed by atoms with E-state index in [1.54, 1.807) is 0 Å². The smallest absolute Gasteiger partial charge is 0.416 e. The van der Waals surface area contributed by atoms with Crippen LogP contribution in [-0.2, 0) is 35.3 Å². The van der Waals surface area contributed by atoms with Crippen LogP contribution in [0.3, 0.4) is 0 Å². The van der Waals surface area contributed by atoms with Crippen molar-refractivity contribution >= 4 is 33.1 Å². The highest BCUT2D eigenvalue weighted by molar-refractivity contribution is 7.89. The third-order valence-corrected chi connectivity index (χ3v) is 6.24. The van der Waals surface area contributed by atoms with Crippen molar-refractivity contribution in [3.63, 3.8) is 0 Å². The Morgan fingerprint density at radius 3 is 1.82 bits per heavy atom. The summed E-state index contributed by atoms with van der Waals surface area (Å²) in [5.74, 6) is -1.74. The number of ether oxygens (including phenoxy) is 2. The first-order chi connectivity index (χ1) is 15.3. The fourth-order valence-corrected chi connectivity index (χ4v) is 4.24. The molecule has 0 saturated heterocycles. The molecule has 3 rings (SSSR count). The summed E-state index contributed by atoms with van der Waals surface area (Å²) >= 11 is 0. The summed E-state index contributed by atoms with van der Waals surface area (Å²) < 4.78 is 71.7. The molecule has 33 heavy (non-hydrogen) atoms. The molecule has 1 aliphatic rings. The number of nitrogens with zero attached hydrogens (tertiary/aromatic N) is 1. The van der Waals surface area contributed by atoms with E-state index in [0.717, 1.165) is 32.4 Å². The normalized spacial score (nSPS) is 15.9. The SMILES string of the molecule is COC(=O)C1(C(=O)OC)CC(c2ccc(C(F)(F)F)cc2)=C(c2ccc(S(N)(=O)=O)nc2)C1. The Morgan fingerprint density at radius 2 is 1.42 bits per heavy atom. The van der Waals surface area contributed by atoms with Crippen LogP contribution in [0.5, 0.6) is 0 Å². The predicted molar refractivity (Wildman–Crippen MR) is 110 cm³/mol. The highest BCUT2D eigenvalue weighted by Crippen LogP contribution is 2.51. The Labute approximate surface area is 187 Å². The summed E-state index contributed by atoms with van der Waals surface area (Å²) in [5, 5.41) is 4.67. The molecule has 0 saturated carbocycles. The number of carbonyl (C=O) groups is 2. The molecule has 2 N–H and O–H groups in total. The Bertz CT molecular complexity index is 1200. The van der Waals surface area contributed by atoms with Gasteiger partial charge >= 0.3 is 18.1 Å². The minimum atomic E-state index is -4.54. The topological polar surface area (TPSA) is 126 Å². The van der Waals surface area contributed by atoms with Crippen LogP contribution in [0.2, 0.25) is 0 Å². The zero-order chi connectivity index (χ0) is 24.6. The molecule has 176 valence electrons. The first-order valence-electron chi connectivity index (χ1n) is 9.39. The molecule has 0 amide bonds. The number of alkyl halides is 3. The van der Waals surface area contributed by atoms with E-state index in [9.17, 15) is 31.2 Å². The van der Waals surface area contributed by atoms with Crippen molar-refractivity contribution < 1.29 is 40.7 Å². The molecule has 12 heteroatoms. The molecule has 0 bridgehead atoms. The molecule has 0 unspecified atom stereocenters. The molecular formula is C21H19F3N2O6S. The molecule has 0 aliphatic heterocycles. The molecule has 0 fully saturated rings. The Balaban J connectivity index is 2.17. The summed E-state index contributed by atoms with van der Waals surface area (Å²) in [4.78, 5) is 29.1. The third kappa shape index (κ3) is 4.62. The van der Waals surface area contributed by atoms with Crippen molar-refractivity contribution in [1.82, 2.24) is 4.98 Å². The average molecular weight is 484 g/mol. The Morgan fingerprint density at radius 1 is 0.939 bits per heavy atom. The number of primary sulfonamides is 1. The largest absolute Gasteiger partial charge is 0.468 e. The van der Waals surface area contributed by atoms with E-state index in [0.29, 0.717) is 22.3 Å². The molecule has 8 nitrogen and oxygen atoms in total. The number of allylic oxidation sites excluding steroid dienone is 2. The second-order valence-electron chi connectivity index (χ2n) is 7.38. The van der Waals surface area contributed by atoms with Crippen molar-refractivity contribution in [2.75, 3.05) is 14.2 Å². The lowest BCUT2D eigenvalue weighted by Crippen LogP contribution is -2.39. The number of pyridine rings is 1. The Kier molecular flexibility index (Phi) is 6.35. The van der Waals surface area contributed by atoms with Gasteiger partial charge in [0.1, 0.15) is 0 Å². The van der Waals surface area contributed by atoms with Crippen LogP contribution in [0.15, 0.2) is 47.6 Å². The molecule has 0 atom stereocenters. The van der Waals surface area contributed by atoms with E-state index >= 15 is 0 Å². The lowest BCUT2D eigenvalue weighted by atomic mass is 9.82. The van der Waals surface area contributed by atoms with E-state index in [4.69, 9.17) is 14.6 Å². The number of carbonyl (C=O) groups excluding carboxylic acids is 2. The number of hydrogen-bond donors (Lipinski definition) is 1. The number of rotatable bonds is 5. The number of aromatic nitrogens is 1. The van der Waals surface area contributed by atoms with Gasteiger partial charge in [0.2, 0.25) is 0 Å². The van der Waals surface area contributed by atoms with E-state index < -0.39 is 44.1 Å². The van der Waals surface area contributed by atoms with Crippen molar-refractivity contribution in [2.45, 2.75) is 24.0 Å². The lowest BCUT2D eigenvalue weighted by Gasteiger charge is -2.23. The quantitative estimate of drug-likeness (QED) is 0.511. The van der Waals surface area contributed by atoms with Gasteiger partial charge in [-0.05, 0) is 40.5 Å². The van der Waals surface area contributed by atoms with Crippen LogP contribution in [0.4, 0.5) is 13.2 Å². The molecule has 1 aliphatic carbocycles. The van der Waals surface area contributed by atoms with E-state index in [1.807, 2.05) is 0 Å². The predicted octanol–water partition coefficient (Wildman–Crippen LogP) is 2.78. The molecule has 1 heterocycles. The molecule has 2 aromatic rings. The number of nitrogens with two attached hydrogens (primary N) is 1. The third-order valence-electron chi connectivity index (χ3n) is 5.41. The van der Waals surface area contributed by atoms with Crippen molar-refractivity contribution in [3.05, 3.63) is 59.3 Å². The van der Waals surface area contributed by atoms with Crippen LogP contribution in [-0.4, -0.2) is 39.6 Å². The second-order valence-corrected chi connectivity index (χ2v) is 8.89. The van der Waals surface area contributed by atoms with Gasteiger partial charge < -0.3 is 9.47 Å². The van der Waals surface area contributed by atoms with Crippen LogP contribution in [0, 0.1) is 5.41 Å². The van der Waals surface area contributed by atoms with Crippen molar-refractivity contribution in [2.24, 2.45) is 10.6 Å². The molecule has 0 spiro atoms. The number of hydrogen-bond acceptors (Lipinski definition) is 7. The summed E-state index contributed by atoms with van der Waals surface area (Å²) in [5.41, 5.74) is -1.15. The number of esters is 2. The number of methoxy groups -OCH3 is 2. The number of sulfonamides is 1. The summed E-state index contributed by atoms with van der Waals surface area (Å²) in [7, 11) is -1.86. The van der Waals surface area contributed by atoms with Gasteiger partial charge in [-0.25, -0.2) is 18.5 Å². The van der Waals surface area contributed by atoms with Gasteiger partial charge in [-0.1, -0.05) is 18.2 Å². The first kappa shape index (κ1) is 24.4. The van der Waals surface area contributed by atoms with Gasteiger partial charge in [0.25, 0.3) is 10.0 Å². The van der Waals surface area contributed by atoms with Gasteiger partial charge in [-0.3, -0.25) is 9.59 Å². The van der Waals surface area contributed by atoms with E-state index in [1.165, 1.54) is 24.4 Å². The van der Waals surface area contributed by atoms with Gasteiger partial charge in [0, 0.05) is 19.0 Å². The highest BCUT2D eigenvalue weighted by atomic mass is 32.2. The van der Waals surface area contributed by atoms with E-state index in [-0.39, 0.29) is 12.8 Å². The van der Waals surface area contributed by atoms with Crippen molar-refractivity contribution in [3.8, 4) is 0 Å². The molecule has 0 radical (unpaired) electrons. The van der Waals surface area contributed by atoms with Gasteiger partial charge in [-0.15, -0.1) is 0 Å². The molecule has 1 aromatic carbocycles. The fourth-order valence-electron chi connectivity index (χ4n) is 3.78. The lowest BCUT2D eigenvalue weighted by molar-refractivity contribution is -0.168. The Hall–Kier alpha value is -3.25. The monoisotopic (exact) mass is 484 g/mol. The zero-order valence-electron chi connectivity index (χ0n) is 17.5. The standard InChI is InChI=1S/C21H19F3N2O6S/c1-31-18(27)20(19(28)32-2)9-15(12-3-6-14(7-4-12)21(22,23)24)16(10-20)13-5-8-17(26-11-13)33(25,29)30/h3-8,11H,9-10H2,1-2H3,(H2,25,29,30). The van der Waals surface area contributed by atoms with Crippen LogP contribution in [0.25, 0.3) is 11.1 Å². The van der Waals surface area contributed by atoms with Gasteiger partial charge in [-0.2, -0.15) is 13.2 Å². The maximum atomic E-state index is 13.0. The van der Waals surface area contributed by atoms with Crippen LogP contribution >= 0.6 is 0 Å². The molecular weight excluding hydrogens is 465 g/mol. The van der Waals surface area contributed by atoms with Crippen molar-refractivity contribution in [1.29, 1.82) is 0 Å². The van der Waals surface area contributed by atoms with E-state index in [2.05, 4.69) is 4.98 Å². The highest BCUT2D eigenvalue weighted by Gasteiger charge is 2.53. The number of benzene rings is 1. The average Bonchev–Trinajstić information content (AvgIpc) is 3.19. The maximum absolute atomic E-state index is 13.0. The minimum absolute atomic E-state index is 0.195. The minimum Gasteiger partial charge on any atom is -0.468 e.